The second kappa shape index (κ2) is 4.51. The van der Waals surface area contributed by atoms with Gasteiger partial charge in [0, 0.05) is 0 Å². The van der Waals surface area contributed by atoms with Crippen LogP contribution in [0.5, 0.6) is 0 Å². The topological polar surface area (TPSA) is 43.1 Å². The van der Waals surface area contributed by atoms with Crippen molar-refractivity contribution in [3.05, 3.63) is 30.3 Å². The Morgan fingerprint density at radius 3 is 2.50 bits per heavy atom. The fourth-order valence-electron chi connectivity index (χ4n) is 0.677. The number of hydrogen-bond donors (Lipinski definition) is 1. The molecule has 0 saturated carbocycles. The number of amides is 1. The molecule has 12 heavy (non-hydrogen) atoms. The van der Waals surface area contributed by atoms with Crippen molar-refractivity contribution in [3.63, 3.8) is 0 Å². The first-order valence-electron chi connectivity index (χ1n) is 3.35. The molecule has 0 aliphatic rings. The monoisotopic (exact) mass is 249 g/mol. The molecule has 2 nitrogen and oxygen atoms in total. The molecular formula is C8H8ClNOSe. The first kappa shape index (κ1) is 9.59. The van der Waals surface area contributed by atoms with Crippen LogP contribution in [0, 0.1) is 0 Å². The van der Waals surface area contributed by atoms with Crippen LogP contribution in [0.4, 0.5) is 0 Å². The molecule has 1 amide bonds. The van der Waals surface area contributed by atoms with E-state index in [0.29, 0.717) is 0 Å². The van der Waals surface area contributed by atoms with Crippen molar-refractivity contribution in [3.8, 4) is 0 Å². The standard InChI is InChI=1S/C8H8ClNOSe/c9-7(8(10)11)12-6-4-2-1-3-5-6/h1-5,7H,(H2,10,11). The van der Waals surface area contributed by atoms with Crippen LogP contribution >= 0.6 is 11.6 Å². The number of alkyl halides is 1. The summed E-state index contributed by atoms with van der Waals surface area (Å²) in [6.07, 6.45) is 0. The number of halogens is 1. The van der Waals surface area contributed by atoms with Crippen molar-refractivity contribution in [2.45, 2.75) is 4.28 Å². The van der Waals surface area contributed by atoms with Gasteiger partial charge < -0.3 is 0 Å². The molecule has 0 spiro atoms. The van der Waals surface area contributed by atoms with Crippen molar-refractivity contribution in [1.82, 2.24) is 0 Å². The third-order valence-electron chi connectivity index (χ3n) is 1.21. The molecular weight excluding hydrogens is 241 g/mol. The molecule has 1 aromatic rings. The minimum absolute atomic E-state index is 0.0609. The molecule has 1 rings (SSSR count). The maximum absolute atomic E-state index is 10.6. The first-order chi connectivity index (χ1) is 5.70. The number of rotatable bonds is 3. The van der Waals surface area contributed by atoms with Crippen molar-refractivity contribution in [2.75, 3.05) is 0 Å². The molecule has 4 heteroatoms. The SMILES string of the molecule is NC(=O)C(Cl)[Se]c1ccccc1. The maximum atomic E-state index is 10.6. The quantitative estimate of drug-likeness (QED) is 0.597. The summed E-state index contributed by atoms with van der Waals surface area (Å²) in [5, 5.41) is 0. The van der Waals surface area contributed by atoms with Crippen LogP contribution in [0.2, 0.25) is 0 Å². The van der Waals surface area contributed by atoms with E-state index in [1.165, 1.54) is 0 Å². The molecule has 0 bridgehead atoms. The Hall–Kier alpha value is -0.501. The van der Waals surface area contributed by atoms with E-state index in [4.69, 9.17) is 17.3 Å². The summed E-state index contributed by atoms with van der Waals surface area (Å²) >= 11 is 5.64. The van der Waals surface area contributed by atoms with Gasteiger partial charge in [-0.2, -0.15) is 0 Å². The normalized spacial score (nSPS) is 12.4. The average Bonchev–Trinajstić information content (AvgIpc) is 2.06. The molecule has 64 valence electrons. The Balaban J connectivity index is 2.58. The van der Waals surface area contributed by atoms with Crippen molar-refractivity contribution in [2.24, 2.45) is 5.73 Å². The van der Waals surface area contributed by atoms with Crippen LogP contribution in [0.1, 0.15) is 0 Å². The predicted molar refractivity (Wildman–Crippen MR) is 50.7 cm³/mol. The molecule has 0 fully saturated rings. The zero-order valence-corrected chi connectivity index (χ0v) is 8.70. The van der Waals surface area contributed by atoms with Gasteiger partial charge in [-0.25, -0.2) is 0 Å². The molecule has 1 aromatic carbocycles. The molecule has 0 saturated heterocycles. The summed E-state index contributed by atoms with van der Waals surface area (Å²) < 4.78 is 0.545. The van der Waals surface area contributed by atoms with E-state index in [2.05, 4.69) is 0 Å². The van der Waals surface area contributed by atoms with E-state index >= 15 is 0 Å². The van der Waals surface area contributed by atoms with Gasteiger partial charge >= 0.3 is 82.1 Å². The second-order valence-corrected chi connectivity index (χ2v) is 5.65. The summed E-state index contributed by atoms with van der Waals surface area (Å²) in [4.78, 5) is 10.6. The Bertz CT molecular complexity index is 265. The Labute approximate surface area is 82.2 Å². The third-order valence-corrected chi connectivity index (χ3v) is 3.95. The van der Waals surface area contributed by atoms with E-state index < -0.39 is 10.2 Å². The molecule has 2 N–H and O–H groups in total. The van der Waals surface area contributed by atoms with Gasteiger partial charge in [0.1, 0.15) is 0 Å². The summed E-state index contributed by atoms with van der Waals surface area (Å²) in [5.74, 6) is -0.444. The second-order valence-electron chi connectivity index (χ2n) is 2.15. The minimum atomic E-state index is -0.542. The van der Waals surface area contributed by atoms with Crippen LogP contribution in [0.3, 0.4) is 0 Å². The first-order valence-corrected chi connectivity index (χ1v) is 5.63. The molecule has 0 aromatic heterocycles. The average molecular weight is 249 g/mol. The fraction of sp³-hybridized carbons (Fsp3) is 0.125. The number of hydrogen-bond acceptors (Lipinski definition) is 1. The van der Waals surface area contributed by atoms with Gasteiger partial charge in [0.2, 0.25) is 0 Å². The van der Waals surface area contributed by atoms with Crippen LogP contribution in [-0.4, -0.2) is 25.1 Å². The number of carbonyl (C=O) groups excluding carboxylic acids is 1. The molecule has 0 aliphatic heterocycles. The summed E-state index contributed by atoms with van der Waals surface area (Å²) in [6, 6.07) is 9.65. The van der Waals surface area contributed by atoms with Gasteiger partial charge in [0.15, 0.2) is 0 Å². The van der Waals surface area contributed by atoms with Gasteiger partial charge in [-0.05, 0) is 0 Å². The van der Waals surface area contributed by atoms with Crippen LogP contribution in [-0.2, 0) is 4.79 Å². The van der Waals surface area contributed by atoms with Gasteiger partial charge in [-0.15, -0.1) is 0 Å². The fourth-order valence-corrected chi connectivity index (χ4v) is 2.62. The van der Waals surface area contributed by atoms with Gasteiger partial charge in [-0.1, -0.05) is 0 Å². The van der Waals surface area contributed by atoms with Crippen molar-refractivity contribution >= 4 is 36.9 Å². The molecule has 0 heterocycles. The Kier molecular flexibility index (Phi) is 3.60. The zero-order valence-electron chi connectivity index (χ0n) is 6.24. The number of carbonyl (C=O) groups is 1. The van der Waals surface area contributed by atoms with Crippen molar-refractivity contribution < 1.29 is 4.79 Å². The van der Waals surface area contributed by atoms with E-state index in [1.807, 2.05) is 30.3 Å². The Morgan fingerprint density at radius 2 is 2.00 bits per heavy atom. The van der Waals surface area contributed by atoms with Crippen molar-refractivity contribution in [1.29, 1.82) is 0 Å². The molecule has 0 radical (unpaired) electrons. The van der Waals surface area contributed by atoms with E-state index in [1.54, 1.807) is 0 Å². The Morgan fingerprint density at radius 1 is 1.42 bits per heavy atom. The number of benzene rings is 1. The summed E-state index contributed by atoms with van der Waals surface area (Å²) in [7, 11) is 0. The van der Waals surface area contributed by atoms with Gasteiger partial charge in [-0.3, -0.25) is 0 Å². The summed E-state index contributed by atoms with van der Waals surface area (Å²) in [5.41, 5.74) is 5.03. The van der Waals surface area contributed by atoms with Crippen LogP contribution in [0.25, 0.3) is 0 Å². The predicted octanol–water partition coefficient (Wildman–Crippen LogP) is 0.0663. The van der Waals surface area contributed by atoms with Gasteiger partial charge in [0.25, 0.3) is 0 Å². The molecule has 1 atom stereocenters. The van der Waals surface area contributed by atoms with E-state index in [0.717, 1.165) is 4.46 Å². The van der Waals surface area contributed by atoms with E-state index in [-0.39, 0.29) is 15.0 Å². The summed E-state index contributed by atoms with van der Waals surface area (Å²) in [6.45, 7) is 0. The number of primary amides is 1. The molecule has 1 unspecified atom stereocenters. The van der Waals surface area contributed by atoms with E-state index in [9.17, 15) is 4.79 Å². The zero-order chi connectivity index (χ0) is 8.97. The van der Waals surface area contributed by atoms with Crippen LogP contribution in [0.15, 0.2) is 30.3 Å². The van der Waals surface area contributed by atoms with Gasteiger partial charge in [0.05, 0.1) is 0 Å². The molecule has 0 aliphatic carbocycles. The third kappa shape index (κ3) is 2.86. The number of nitrogens with two attached hydrogens (primary N) is 1. The van der Waals surface area contributed by atoms with Crippen LogP contribution < -0.4 is 10.2 Å².